The van der Waals surface area contributed by atoms with Crippen LogP contribution in [-0.2, 0) is 0 Å². The molecule has 0 radical (unpaired) electrons. The van der Waals surface area contributed by atoms with Gasteiger partial charge in [0.2, 0.25) is 0 Å². The maximum Gasteiger partial charge on any atom is 0.337 e. The fourth-order valence-corrected chi connectivity index (χ4v) is 1.82. The molecule has 2 rings (SSSR count). The Bertz CT molecular complexity index is 800. The van der Waals surface area contributed by atoms with Crippen LogP contribution in [0, 0.1) is 22.7 Å². The minimum absolute atomic E-state index is 0.0258. The largest absolute Gasteiger partial charge is 0.478 e. The lowest BCUT2D eigenvalue weighted by Gasteiger charge is -2.11. The summed E-state index contributed by atoms with van der Waals surface area (Å²) in [5, 5.41) is 29.9. The summed E-state index contributed by atoms with van der Waals surface area (Å²) in [6, 6.07) is 12.9. The highest BCUT2D eigenvalue weighted by molar-refractivity contribution is 5.96. The summed E-state index contributed by atoms with van der Waals surface area (Å²) in [5.74, 6) is -1.11. The van der Waals surface area contributed by atoms with E-state index in [1.54, 1.807) is 18.2 Å². The number of benzene rings is 2. The van der Waals surface area contributed by atoms with Gasteiger partial charge in [-0.25, -0.2) is 4.79 Å². The zero-order valence-electron chi connectivity index (χ0n) is 10.8. The first-order chi connectivity index (χ1) is 10.0. The van der Waals surface area contributed by atoms with Crippen molar-refractivity contribution in [2.45, 2.75) is 0 Å². The van der Waals surface area contributed by atoms with Crippen LogP contribution < -0.4 is 11.1 Å². The van der Waals surface area contributed by atoms with Crippen LogP contribution in [0.3, 0.4) is 0 Å². The second-order valence-corrected chi connectivity index (χ2v) is 4.22. The normalized spacial score (nSPS) is 9.43. The molecule has 102 valence electrons. The van der Waals surface area contributed by atoms with Gasteiger partial charge in [-0.3, -0.25) is 0 Å². The lowest BCUT2D eigenvalue weighted by molar-refractivity contribution is 0.0698. The Morgan fingerprint density at radius 3 is 2.43 bits per heavy atom. The molecule has 0 spiro atoms. The molecule has 21 heavy (non-hydrogen) atoms. The maximum atomic E-state index is 11.2. The van der Waals surface area contributed by atoms with Gasteiger partial charge in [-0.2, -0.15) is 10.5 Å². The van der Waals surface area contributed by atoms with Crippen molar-refractivity contribution in [2.24, 2.45) is 0 Å². The molecule has 0 atom stereocenters. The van der Waals surface area contributed by atoms with Gasteiger partial charge >= 0.3 is 5.97 Å². The van der Waals surface area contributed by atoms with Gasteiger partial charge in [-0.05, 0) is 36.4 Å². The molecule has 0 unspecified atom stereocenters. The van der Waals surface area contributed by atoms with Crippen molar-refractivity contribution in [3.8, 4) is 12.1 Å². The van der Waals surface area contributed by atoms with Gasteiger partial charge < -0.3 is 16.2 Å². The quantitative estimate of drug-likeness (QED) is 0.741. The van der Waals surface area contributed by atoms with Crippen molar-refractivity contribution in [1.82, 2.24) is 0 Å². The number of nitrogen functional groups attached to an aromatic ring is 1. The molecular formula is C15H10N4O2. The molecular weight excluding hydrogens is 268 g/mol. The number of rotatable bonds is 3. The number of hydrogen-bond acceptors (Lipinski definition) is 5. The van der Waals surface area contributed by atoms with Crippen molar-refractivity contribution in [1.29, 1.82) is 10.5 Å². The summed E-state index contributed by atoms with van der Waals surface area (Å²) < 4.78 is 0. The minimum Gasteiger partial charge on any atom is -0.478 e. The van der Waals surface area contributed by atoms with E-state index in [-0.39, 0.29) is 16.7 Å². The zero-order valence-corrected chi connectivity index (χ0v) is 10.8. The minimum atomic E-state index is -1.11. The number of nitrogens with two attached hydrogens (primary N) is 1. The standard InChI is InChI=1S/C15H10N4O2/c16-7-9-1-3-12(5-10(9)8-17)19-14-4-2-11(18)6-13(14)15(20)21/h1-6,19H,18H2,(H,20,21). The molecule has 2 aromatic rings. The van der Waals surface area contributed by atoms with Crippen molar-refractivity contribution in [3.63, 3.8) is 0 Å². The van der Waals surface area contributed by atoms with Crippen LogP contribution in [0.5, 0.6) is 0 Å². The topological polar surface area (TPSA) is 123 Å². The van der Waals surface area contributed by atoms with Crippen molar-refractivity contribution in [3.05, 3.63) is 53.1 Å². The number of carboxylic acid groups (broad SMARTS) is 1. The number of hydrogen-bond donors (Lipinski definition) is 3. The highest BCUT2D eigenvalue weighted by atomic mass is 16.4. The van der Waals surface area contributed by atoms with E-state index in [4.69, 9.17) is 21.4 Å². The van der Waals surface area contributed by atoms with Crippen LogP contribution in [0.25, 0.3) is 0 Å². The first-order valence-corrected chi connectivity index (χ1v) is 5.89. The molecule has 2 aromatic carbocycles. The van der Waals surface area contributed by atoms with Gasteiger partial charge in [0.1, 0.15) is 12.1 Å². The van der Waals surface area contributed by atoms with E-state index >= 15 is 0 Å². The van der Waals surface area contributed by atoms with Gasteiger partial charge in [0, 0.05) is 11.4 Å². The number of carboxylic acids is 1. The fourth-order valence-electron chi connectivity index (χ4n) is 1.82. The Kier molecular flexibility index (Phi) is 3.74. The lowest BCUT2D eigenvalue weighted by atomic mass is 10.1. The van der Waals surface area contributed by atoms with Gasteiger partial charge in [0.05, 0.1) is 22.4 Å². The monoisotopic (exact) mass is 278 g/mol. The fraction of sp³-hybridized carbons (Fsp3) is 0. The first-order valence-electron chi connectivity index (χ1n) is 5.89. The second-order valence-electron chi connectivity index (χ2n) is 4.22. The molecule has 0 amide bonds. The van der Waals surface area contributed by atoms with Crippen molar-refractivity contribution >= 4 is 23.0 Å². The molecule has 4 N–H and O–H groups in total. The third kappa shape index (κ3) is 2.91. The van der Waals surface area contributed by atoms with Gasteiger partial charge in [-0.15, -0.1) is 0 Å². The molecule has 0 saturated heterocycles. The summed E-state index contributed by atoms with van der Waals surface area (Å²) in [6.07, 6.45) is 0. The van der Waals surface area contributed by atoms with Gasteiger partial charge in [-0.1, -0.05) is 0 Å². The highest BCUT2D eigenvalue weighted by Gasteiger charge is 2.11. The average molecular weight is 278 g/mol. The smallest absolute Gasteiger partial charge is 0.337 e. The molecule has 6 nitrogen and oxygen atoms in total. The Hall–Kier alpha value is -3.51. The van der Waals surface area contributed by atoms with Gasteiger partial charge in [0.25, 0.3) is 0 Å². The summed E-state index contributed by atoms with van der Waals surface area (Å²) >= 11 is 0. The van der Waals surface area contributed by atoms with Crippen LogP contribution in [0.15, 0.2) is 36.4 Å². The number of carbonyl (C=O) groups is 1. The molecule has 0 fully saturated rings. The Balaban J connectivity index is 2.42. The summed E-state index contributed by atoms with van der Waals surface area (Å²) in [4.78, 5) is 11.2. The Morgan fingerprint density at radius 2 is 1.81 bits per heavy atom. The van der Waals surface area contributed by atoms with Crippen LogP contribution >= 0.6 is 0 Å². The van der Waals surface area contributed by atoms with E-state index in [1.807, 2.05) is 12.1 Å². The molecule has 0 aromatic heterocycles. The van der Waals surface area contributed by atoms with Crippen LogP contribution in [0.4, 0.5) is 17.1 Å². The molecule has 6 heteroatoms. The SMILES string of the molecule is N#Cc1ccc(Nc2ccc(N)cc2C(=O)O)cc1C#N. The van der Waals surface area contributed by atoms with E-state index < -0.39 is 5.97 Å². The second kappa shape index (κ2) is 5.64. The van der Waals surface area contributed by atoms with Gasteiger partial charge in [0.15, 0.2) is 0 Å². The number of aromatic carboxylic acids is 1. The Morgan fingerprint density at radius 1 is 1.10 bits per heavy atom. The number of nitrogens with one attached hydrogen (secondary N) is 1. The predicted molar refractivity (Wildman–Crippen MR) is 77.0 cm³/mol. The van der Waals surface area contributed by atoms with Crippen LogP contribution in [-0.4, -0.2) is 11.1 Å². The zero-order chi connectivity index (χ0) is 15.4. The predicted octanol–water partition coefficient (Wildman–Crippen LogP) is 2.45. The van der Waals surface area contributed by atoms with E-state index in [2.05, 4.69) is 5.32 Å². The summed E-state index contributed by atoms with van der Waals surface area (Å²) in [7, 11) is 0. The first kappa shape index (κ1) is 13.9. The third-order valence-corrected chi connectivity index (χ3v) is 2.81. The number of nitrogens with zero attached hydrogens (tertiary/aromatic N) is 2. The molecule has 0 aliphatic heterocycles. The van der Waals surface area contributed by atoms with E-state index in [1.165, 1.54) is 18.2 Å². The van der Waals surface area contributed by atoms with Crippen LogP contribution in [0.2, 0.25) is 0 Å². The summed E-state index contributed by atoms with van der Waals surface area (Å²) in [6.45, 7) is 0. The molecule has 0 bridgehead atoms. The van der Waals surface area contributed by atoms with Crippen LogP contribution in [0.1, 0.15) is 21.5 Å². The Labute approximate surface area is 120 Å². The van der Waals surface area contributed by atoms with E-state index in [0.717, 1.165) is 0 Å². The van der Waals surface area contributed by atoms with E-state index in [0.29, 0.717) is 17.1 Å². The van der Waals surface area contributed by atoms with E-state index in [9.17, 15) is 4.79 Å². The molecule has 0 saturated carbocycles. The van der Waals surface area contributed by atoms with Crippen molar-refractivity contribution in [2.75, 3.05) is 11.1 Å². The molecule has 0 aliphatic carbocycles. The average Bonchev–Trinajstić information content (AvgIpc) is 2.48. The molecule has 0 aliphatic rings. The third-order valence-electron chi connectivity index (χ3n) is 2.81. The molecule has 0 heterocycles. The maximum absolute atomic E-state index is 11.2. The number of anilines is 3. The lowest BCUT2D eigenvalue weighted by Crippen LogP contribution is -2.04. The van der Waals surface area contributed by atoms with Crippen molar-refractivity contribution < 1.29 is 9.90 Å². The summed E-state index contributed by atoms with van der Waals surface area (Å²) in [5.41, 5.74) is 7.29. The highest BCUT2D eigenvalue weighted by Crippen LogP contribution is 2.24. The number of nitriles is 2.